The van der Waals surface area contributed by atoms with E-state index in [1.165, 1.54) is 0 Å². The summed E-state index contributed by atoms with van der Waals surface area (Å²) in [7, 11) is 0. The second-order valence-electron chi connectivity index (χ2n) is 5.29. The minimum absolute atomic E-state index is 0.207. The number of H-pyrrole nitrogens is 1. The highest BCUT2D eigenvalue weighted by Crippen LogP contribution is 2.26. The maximum Gasteiger partial charge on any atom is 0.124 e. The molecule has 0 saturated heterocycles. The Kier molecular flexibility index (Phi) is 5.44. The van der Waals surface area contributed by atoms with E-state index in [9.17, 15) is 4.91 Å². The number of hydrogen-bond donors (Lipinski definition) is 1. The molecule has 0 radical (unpaired) electrons. The van der Waals surface area contributed by atoms with Crippen LogP contribution in [0.15, 0.2) is 23.4 Å². The zero-order valence-corrected chi connectivity index (χ0v) is 13.1. The van der Waals surface area contributed by atoms with Crippen LogP contribution in [0.1, 0.15) is 51.0 Å². The van der Waals surface area contributed by atoms with Crippen molar-refractivity contribution < 1.29 is 0 Å². The summed E-state index contributed by atoms with van der Waals surface area (Å²) in [6.07, 6.45) is 2.21. The molecule has 1 aromatic heterocycles. The highest BCUT2D eigenvalue weighted by Gasteiger charge is 2.20. The second-order valence-corrected chi connectivity index (χ2v) is 5.29. The van der Waals surface area contributed by atoms with Gasteiger partial charge in [0.15, 0.2) is 0 Å². The molecule has 0 amide bonds. The maximum atomic E-state index is 10.4. The third-order valence-electron chi connectivity index (χ3n) is 3.94. The quantitative estimate of drug-likeness (QED) is 0.746. The molecule has 1 aromatic carbocycles. The van der Waals surface area contributed by atoms with Crippen LogP contribution >= 0.6 is 0 Å². The number of hydrogen-bond acceptors (Lipinski definition) is 4. The average molecular weight is 288 g/mol. The monoisotopic (exact) mass is 288 g/mol. The Morgan fingerprint density at radius 3 is 2.67 bits per heavy atom. The van der Waals surface area contributed by atoms with Gasteiger partial charge in [-0.25, -0.2) is 4.98 Å². The summed E-state index contributed by atoms with van der Waals surface area (Å²) in [4.78, 5) is 21.0. The molecule has 2 rings (SSSR count). The van der Waals surface area contributed by atoms with E-state index in [1.807, 2.05) is 18.2 Å². The third kappa shape index (κ3) is 3.47. The van der Waals surface area contributed by atoms with Gasteiger partial charge in [0, 0.05) is 0 Å². The first-order valence-corrected chi connectivity index (χ1v) is 7.75. The van der Waals surface area contributed by atoms with Crippen LogP contribution in [0.25, 0.3) is 11.0 Å². The van der Waals surface area contributed by atoms with Crippen molar-refractivity contribution >= 4 is 11.0 Å². The van der Waals surface area contributed by atoms with Crippen molar-refractivity contribution in [3.8, 4) is 0 Å². The van der Waals surface area contributed by atoms with Crippen LogP contribution < -0.4 is 0 Å². The minimum Gasteiger partial charge on any atom is -0.341 e. The Balaban J connectivity index is 2.36. The normalized spacial score (nSPS) is 13.0. The van der Waals surface area contributed by atoms with Crippen molar-refractivity contribution in [1.82, 2.24) is 14.9 Å². The summed E-state index contributed by atoms with van der Waals surface area (Å²) in [6, 6.07) is 6.17. The summed E-state index contributed by atoms with van der Waals surface area (Å²) < 4.78 is 0. The topological polar surface area (TPSA) is 61.4 Å². The van der Waals surface area contributed by atoms with Crippen LogP contribution in [0, 0.1) is 4.91 Å². The standard InChI is InChI=1S/C16H24N4O/c1-4-7-15(20(5-2)6-3)16-18-13-9-8-12(11-17-21)10-14(13)19-16/h8-10,15H,4-7,11H2,1-3H3,(H,18,19). The van der Waals surface area contributed by atoms with Gasteiger partial charge in [0.2, 0.25) is 0 Å². The van der Waals surface area contributed by atoms with Crippen molar-refractivity contribution in [2.75, 3.05) is 13.1 Å². The Morgan fingerprint density at radius 2 is 2.05 bits per heavy atom. The summed E-state index contributed by atoms with van der Waals surface area (Å²) in [5.74, 6) is 1.02. The van der Waals surface area contributed by atoms with Crippen molar-refractivity contribution in [1.29, 1.82) is 0 Å². The van der Waals surface area contributed by atoms with E-state index < -0.39 is 0 Å². The van der Waals surface area contributed by atoms with E-state index in [0.29, 0.717) is 6.04 Å². The van der Waals surface area contributed by atoms with Gasteiger partial charge in [0.25, 0.3) is 0 Å². The minimum atomic E-state index is 0.207. The zero-order valence-electron chi connectivity index (χ0n) is 13.1. The molecule has 0 aliphatic heterocycles. The van der Waals surface area contributed by atoms with Crippen molar-refractivity contribution in [3.05, 3.63) is 34.5 Å². The van der Waals surface area contributed by atoms with Gasteiger partial charge >= 0.3 is 0 Å². The molecule has 1 N–H and O–H groups in total. The van der Waals surface area contributed by atoms with Crippen LogP contribution in [0.4, 0.5) is 0 Å². The second kappa shape index (κ2) is 7.31. The molecule has 0 fully saturated rings. The largest absolute Gasteiger partial charge is 0.341 e. The van der Waals surface area contributed by atoms with Crippen LogP contribution in [0.5, 0.6) is 0 Å². The summed E-state index contributed by atoms with van der Waals surface area (Å²) in [5.41, 5.74) is 2.86. The van der Waals surface area contributed by atoms with Crippen LogP contribution in [0.2, 0.25) is 0 Å². The van der Waals surface area contributed by atoms with Crippen molar-refractivity contribution in [2.45, 2.75) is 46.2 Å². The van der Waals surface area contributed by atoms with E-state index in [2.05, 4.69) is 35.8 Å². The molecule has 0 saturated carbocycles. The van der Waals surface area contributed by atoms with E-state index >= 15 is 0 Å². The Labute approximate surface area is 125 Å². The van der Waals surface area contributed by atoms with Crippen LogP contribution in [-0.4, -0.2) is 28.0 Å². The zero-order chi connectivity index (χ0) is 15.2. The molecule has 114 valence electrons. The number of rotatable bonds is 8. The predicted octanol–water partition coefficient (Wildman–Crippen LogP) is 4.01. The number of benzene rings is 1. The number of fused-ring (bicyclic) bond motifs is 1. The molecule has 5 nitrogen and oxygen atoms in total. The van der Waals surface area contributed by atoms with Gasteiger partial charge in [-0.1, -0.05) is 38.4 Å². The predicted molar refractivity (Wildman–Crippen MR) is 86.2 cm³/mol. The number of nitrogens with one attached hydrogen (secondary N) is 1. The lowest BCUT2D eigenvalue weighted by molar-refractivity contribution is 0.199. The Hall–Kier alpha value is -1.75. The van der Waals surface area contributed by atoms with E-state index in [4.69, 9.17) is 4.98 Å². The lowest BCUT2D eigenvalue weighted by Gasteiger charge is -2.27. The van der Waals surface area contributed by atoms with Gasteiger partial charge in [-0.05, 0) is 37.2 Å². The SMILES string of the molecule is CCCC(c1nc2ccc(CN=O)cc2[nH]1)N(CC)CC. The first-order chi connectivity index (χ1) is 10.2. The molecule has 21 heavy (non-hydrogen) atoms. The van der Waals surface area contributed by atoms with Gasteiger partial charge in [-0.15, -0.1) is 0 Å². The smallest absolute Gasteiger partial charge is 0.124 e. The molecular formula is C16H24N4O. The summed E-state index contributed by atoms with van der Waals surface area (Å²) in [5, 5.41) is 2.95. The molecule has 0 bridgehead atoms. The lowest BCUT2D eigenvalue weighted by Crippen LogP contribution is -2.29. The van der Waals surface area contributed by atoms with E-state index in [1.54, 1.807) is 0 Å². The third-order valence-corrected chi connectivity index (χ3v) is 3.94. The highest BCUT2D eigenvalue weighted by molar-refractivity contribution is 5.76. The maximum absolute atomic E-state index is 10.4. The van der Waals surface area contributed by atoms with Crippen molar-refractivity contribution in [2.24, 2.45) is 5.18 Å². The van der Waals surface area contributed by atoms with Crippen LogP contribution in [-0.2, 0) is 6.54 Å². The van der Waals surface area contributed by atoms with Gasteiger partial charge < -0.3 is 4.98 Å². The van der Waals surface area contributed by atoms with Gasteiger partial charge in [-0.3, -0.25) is 4.90 Å². The number of nitrogens with zero attached hydrogens (tertiary/aromatic N) is 3. The van der Waals surface area contributed by atoms with E-state index in [-0.39, 0.29) is 6.54 Å². The Morgan fingerprint density at radius 1 is 1.29 bits per heavy atom. The number of imidazole rings is 1. The number of aromatic nitrogens is 2. The molecular weight excluding hydrogens is 264 g/mol. The number of aromatic amines is 1. The Bertz CT molecular complexity index is 589. The van der Waals surface area contributed by atoms with Crippen LogP contribution in [0.3, 0.4) is 0 Å². The first-order valence-electron chi connectivity index (χ1n) is 7.75. The molecule has 0 spiro atoms. The van der Waals surface area contributed by atoms with Gasteiger partial charge in [0.05, 0.1) is 17.1 Å². The molecule has 2 aromatic rings. The summed E-state index contributed by atoms with van der Waals surface area (Å²) >= 11 is 0. The molecule has 1 unspecified atom stereocenters. The fraction of sp³-hybridized carbons (Fsp3) is 0.562. The molecule has 1 heterocycles. The first kappa shape index (κ1) is 15.6. The molecule has 5 heteroatoms. The van der Waals surface area contributed by atoms with Crippen molar-refractivity contribution in [3.63, 3.8) is 0 Å². The average Bonchev–Trinajstić information content (AvgIpc) is 2.90. The fourth-order valence-electron chi connectivity index (χ4n) is 2.84. The summed E-state index contributed by atoms with van der Waals surface area (Å²) in [6.45, 7) is 8.80. The molecule has 0 aliphatic carbocycles. The van der Waals surface area contributed by atoms with Gasteiger partial charge in [-0.2, -0.15) is 4.91 Å². The molecule has 0 aliphatic rings. The molecule has 1 atom stereocenters. The van der Waals surface area contributed by atoms with E-state index in [0.717, 1.165) is 48.4 Å². The highest BCUT2D eigenvalue weighted by atomic mass is 16.3. The lowest BCUT2D eigenvalue weighted by atomic mass is 10.1. The van der Waals surface area contributed by atoms with Gasteiger partial charge in [0.1, 0.15) is 12.4 Å². The number of nitroso groups, excluding NO2 is 1. The fourth-order valence-corrected chi connectivity index (χ4v) is 2.84.